The van der Waals surface area contributed by atoms with Gasteiger partial charge in [-0.15, -0.1) is 0 Å². The van der Waals surface area contributed by atoms with Crippen molar-refractivity contribution in [2.45, 2.75) is 22.8 Å². The van der Waals surface area contributed by atoms with Crippen molar-refractivity contribution in [1.82, 2.24) is 4.72 Å². The van der Waals surface area contributed by atoms with Gasteiger partial charge in [-0.1, -0.05) is 54.1 Å². The summed E-state index contributed by atoms with van der Waals surface area (Å²) in [4.78, 5) is -0.371. The quantitative estimate of drug-likeness (QED) is 0.674. The van der Waals surface area contributed by atoms with E-state index in [1.807, 2.05) is 42.5 Å². The molecule has 1 atom stereocenters. The van der Waals surface area contributed by atoms with E-state index in [-0.39, 0.29) is 14.8 Å². The van der Waals surface area contributed by atoms with Crippen molar-refractivity contribution in [3.05, 3.63) is 71.2 Å². The molecule has 0 aromatic heterocycles. The first kappa shape index (κ1) is 19.8. The summed E-state index contributed by atoms with van der Waals surface area (Å²) in [6.07, 6.45) is 1.01. The number of sulfone groups is 1. The zero-order chi connectivity index (χ0) is 19.8. The van der Waals surface area contributed by atoms with Gasteiger partial charge in [-0.05, 0) is 41.5 Å². The molecule has 3 aromatic rings. The molecule has 0 amide bonds. The van der Waals surface area contributed by atoms with Crippen LogP contribution < -0.4 is 4.72 Å². The SMILES string of the molecule is CC(NS(=O)(=O)c1cc(S(C)(=O)=O)ccc1Cl)c1cccc2ccccc12. The Balaban J connectivity index is 2.02. The molecule has 5 nitrogen and oxygen atoms in total. The number of nitrogens with one attached hydrogen (secondary N) is 1. The molecule has 0 spiro atoms. The van der Waals surface area contributed by atoms with Crippen LogP contribution in [-0.2, 0) is 19.9 Å². The van der Waals surface area contributed by atoms with Crippen molar-refractivity contribution in [3.63, 3.8) is 0 Å². The monoisotopic (exact) mass is 423 g/mol. The summed E-state index contributed by atoms with van der Waals surface area (Å²) in [5.74, 6) is 0. The molecule has 0 heterocycles. The third-order valence-corrected chi connectivity index (χ3v) is 7.37. The lowest BCUT2D eigenvalue weighted by Crippen LogP contribution is -2.27. The van der Waals surface area contributed by atoms with E-state index >= 15 is 0 Å². The van der Waals surface area contributed by atoms with Crippen molar-refractivity contribution < 1.29 is 16.8 Å². The molecule has 1 unspecified atom stereocenters. The maximum absolute atomic E-state index is 12.9. The summed E-state index contributed by atoms with van der Waals surface area (Å²) in [5.41, 5.74) is 0.812. The second-order valence-corrected chi connectivity index (χ2v) is 10.4. The molecule has 0 radical (unpaired) electrons. The standard InChI is InChI=1S/C19H18ClNO4S2/c1-13(16-9-5-7-14-6-3-4-8-17(14)16)21-27(24,25)19-12-15(26(2,22)23)10-11-18(19)20/h3-13,21H,1-2H3. The van der Waals surface area contributed by atoms with Crippen LogP contribution in [0.4, 0.5) is 0 Å². The summed E-state index contributed by atoms with van der Waals surface area (Å²) < 4.78 is 51.8. The molecule has 3 rings (SSSR count). The Morgan fingerprint density at radius 1 is 0.926 bits per heavy atom. The molecule has 1 N–H and O–H groups in total. The highest BCUT2D eigenvalue weighted by Crippen LogP contribution is 2.28. The Morgan fingerprint density at radius 3 is 2.30 bits per heavy atom. The van der Waals surface area contributed by atoms with Crippen LogP contribution in [0.3, 0.4) is 0 Å². The normalized spacial score (nSPS) is 13.6. The second kappa shape index (κ2) is 7.24. The zero-order valence-corrected chi connectivity index (χ0v) is 17.1. The molecule has 0 saturated carbocycles. The van der Waals surface area contributed by atoms with E-state index in [4.69, 9.17) is 11.6 Å². The van der Waals surface area contributed by atoms with E-state index in [0.29, 0.717) is 0 Å². The maximum atomic E-state index is 12.9. The van der Waals surface area contributed by atoms with Crippen LogP contribution in [0.15, 0.2) is 70.5 Å². The third-order valence-electron chi connectivity index (χ3n) is 4.24. The Hall–Kier alpha value is -1.93. The van der Waals surface area contributed by atoms with Gasteiger partial charge in [0.2, 0.25) is 10.0 Å². The first-order chi connectivity index (χ1) is 12.6. The fourth-order valence-corrected chi connectivity index (χ4v) is 5.38. The van der Waals surface area contributed by atoms with Gasteiger partial charge in [0.15, 0.2) is 9.84 Å². The van der Waals surface area contributed by atoms with Gasteiger partial charge in [-0.2, -0.15) is 0 Å². The van der Waals surface area contributed by atoms with Crippen LogP contribution >= 0.6 is 11.6 Å². The lowest BCUT2D eigenvalue weighted by Gasteiger charge is -2.17. The van der Waals surface area contributed by atoms with Crippen molar-refractivity contribution in [2.75, 3.05) is 6.26 Å². The van der Waals surface area contributed by atoms with E-state index in [0.717, 1.165) is 28.7 Å². The predicted molar refractivity (Wildman–Crippen MR) is 107 cm³/mol. The largest absolute Gasteiger partial charge is 0.242 e. The Kier molecular flexibility index (Phi) is 5.31. The number of hydrogen-bond acceptors (Lipinski definition) is 4. The van der Waals surface area contributed by atoms with E-state index in [9.17, 15) is 16.8 Å². The molecule has 27 heavy (non-hydrogen) atoms. The highest BCUT2D eigenvalue weighted by molar-refractivity contribution is 7.91. The molecule has 142 valence electrons. The highest BCUT2D eigenvalue weighted by Gasteiger charge is 2.24. The number of fused-ring (bicyclic) bond motifs is 1. The van der Waals surface area contributed by atoms with Gasteiger partial charge in [-0.3, -0.25) is 0 Å². The zero-order valence-electron chi connectivity index (χ0n) is 14.7. The Morgan fingerprint density at radius 2 is 1.59 bits per heavy atom. The van der Waals surface area contributed by atoms with Gasteiger partial charge in [0.05, 0.1) is 9.92 Å². The Bertz CT molecular complexity index is 1220. The van der Waals surface area contributed by atoms with E-state index in [1.54, 1.807) is 6.92 Å². The average molecular weight is 424 g/mol. The van der Waals surface area contributed by atoms with Crippen LogP contribution in [0.25, 0.3) is 10.8 Å². The van der Waals surface area contributed by atoms with Crippen molar-refractivity contribution in [3.8, 4) is 0 Å². The van der Waals surface area contributed by atoms with E-state index in [1.165, 1.54) is 12.1 Å². The van der Waals surface area contributed by atoms with Gasteiger partial charge < -0.3 is 0 Å². The van der Waals surface area contributed by atoms with Gasteiger partial charge in [0.25, 0.3) is 0 Å². The van der Waals surface area contributed by atoms with Gasteiger partial charge in [0.1, 0.15) is 4.90 Å². The molecule has 0 bridgehead atoms. The van der Waals surface area contributed by atoms with Gasteiger partial charge in [-0.25, -0.2) is 21.6 Å². The number of rotatable bonds is 5. The minimum absolute atomic E-state index is 0.0416. The highest BCUT2D eigenvalue weighted by atomic mass is 35.5. The van der Waals surface area contributed by atoms with Crippen LogP contribution in [0.2, 0.25) is 5.02 Å². The van der Waals surface area contributed by atoms with Crippen LogP contribution in [-0.4, -0.2) is 23.1 Å². The lowest BCUT2D eigenvalue weighted by atomic mass is 10.0. The van der Waals surface area contributed by atoms with Crippen molar-refractivity contribution in [1.29, 1.82) is 0 Å². The molecule has 0 aliphatic rings. The molecular weight excluding hydrogens is 406 g/mol. The molecule has 0 fully saturated rings. The minimum Gasteiger partial charge on any atom is -0.224 e. The predicted octanol–water partition coefficient (Wildman–Crippen LogP) is 3.94. The summed E-state index contributed by atoms with van der Waals surface area (Å²) in [6.45, 7) is 1.73. The first-order valence-electron chi connectivity index (χ1n) is 8.09. The van der Waals surface area contributed by atoms with Gasteiger partial charge >= 0.3 is 0 Å². The molecule has 0 saturated heterocycles. The second-order valence-electron chi connectivity index (χ2n) is 6.28. The first-order valence-corrected chi connectivity index (χ1v) is 11.8. The van der Waals surface area contributed by atoms with Crippen molar-refractivity contribution >= 4 is 42.2 Å². The van der Waals surface area contributed by atoms with Gasteiger partial charge in [0, 0.05) is 12.3 Å². The van der Waals surface area contributed by atoms with Crippen LogP contribution in [0.1, 0.15) is 18.5 Å². The number of sulfonamides is 1. The Labute approximate surface area is 164 Å². The lowest BCUT2D eigenvalue weighted by molar-refractivity contribution is 0.567. The molecular formula is C19H18ClNO4S2. The van der Waals surface area contributed by atoms with Crippen LogP contribution in [0, 0.1) is 0 Å². The number of hydrogen-bond donors (Lipinski definition) is 1. The average Bonchev–Trinajstić information content (AvgIpc) is 2.60. The molecule has 3 aromatic carbocycles. The number of halogens is 1. The topological polar surface area (TPSA) is 80.3 Å². The molecule has 8 heteroatoms. The fourth-order valence-electron chi connectivity index (χ4n) is 2.91. The minimum atomic E-state index is -4.04. The summed E-state index contributed by atoms with van der Waals surface area (Å²) in [5, 5.41) is 1.89. The van der Waals surface area contributed by atoms with Crippen molar-refractivity contribution in [2.24, 2.45) is 0 Å². The maximum Gasteiger partial charge on any atom is 0.242 e. The summed E-state index contributed by atoms with van der Waals surface area (Å²) in [6, 6.07) is 16.4. The molecule has 0 aliphatic carbocycles. The third kappa shape index (κ3) is 4.16. The smallest absolute Gasteiger partial charge is 0.224 e. The number of benzene rings is 3. The molecule has 0 aliphatic heterocycles. The van der Waals surface area contributed by atoms with E-state index in [2.05, 4.69) is 4.72 Å². The fraction of sp³-hybridized carbons (Fsp3) is 0.158. The van der Waals surface area contributed by atoms with Crippen LogP contribution in [0.5, 0.6) is 0 Å². The van der Waals surface area contributed by atoms with E-state index < -0.39 is 25.9 Å². The summed E-state index contributed by atoms with van der Waals surface area (Å²) >= 11 is 6.04. The summed E-state index contributed by atoms with van der Waals surface area (Å²) in [7, 11) is -7.60.